The van der Waals surface area contributed by atoms with Crippen molar-refractivity contribution in [3.8, 4) is 0 Å². The summed E-state index contributed by atoms with van der Waals surface area (Å²) in [7, 11) is -3.26. The first-order chi connectivity index (χ1) is 6.51. The van der Waals surface area contributed by atoms with E-state index in [2.05, 4.69) is 21.1 Å². The smallest absolute Gasteiger partial charge is 0.349 e. The normalized spacial score (nSPS) is 15.6. The van der Waals surface area contributed by atoms with Gasteiger partial charge in [-0.3, -0.25) is 4.57 Å². The van der Waals surface area contributed by atoms with Crippen LogP contribution >= 0.6 is 23.5 Å². The molecule has 0 aromatic carbocycles. The van der Waals surface area contributed by atoms with Crippen LogP contribution in [0.4, 0.5) is 0 Å². The molecule has 0 radical (unpaired) electrons. The third-order valence-electron chi connectivity index (χ3n) is 1.40. The number of hydrogen-bond donors (Lipinski definition) is 1. The van der Waals surface area contributed by atoms with Gasteiger partial charge in [0, 0.05) is 0 Å². The monoisotopic (exact) mass is 287 g/mol. The zero-order valence-electron chi connectivity index (χ0n) is 8.44. The topological polar surface area (TPSA) is 68.1 Å². The largest absolute Gasteiger partial charge is 0.411 e. The summed E-state index contributed by atoms with van der Waals surface area (Å²) < 4.78 is 21.4. The molecule has 0 bridgehead atoms. The van der Waals surface area contributed by atoms with E-state index in [0.717, 1.165) is 0 Å². The zero-order valence-corrected chi connectivity index (χ0v) is 10.9. The molecule has 0 aliphatic carbocycles. The van der Waals surface area contributed by atoms with E-state index in [1.54, 1.807) is 13.8 Å². The van der Waals surface area contributed by atoms with E-state index >= 15 is 0 Å². The minimum absolute atomic E-state index is 0.259. The van der Waals surface area contributed by atoms with E-state index in [1.807, 2.05) is 0 Å². The maximum atomic E-state index is 12.0. The van der Waals surface area contributed by atoms with Gasteiger partial charge in [0.25, 0.3) is 0 Å². The van der Waals surface area contributed by atoms with Crippen LogP contribution < -0.4 is 0 Å². The second kappa shape index (κ2) is 6.56. The van der Waals surface area contributed by atoms with Gasteiger partial charge >= 0.3 is 7.60 Å². The fourth-order valence-electron chi connectivity index (χ4n) is 0.805. The number of rotatable bonds is 6. The molecule has 5 nitrogen and oxygen atoms in total. The molecule has 0 saturated carbocycles. The van der Waals surface area contributed by atoms with Crippen molar-refractivity contribution in [2.75, 3.05) is 13.2 Å². The van der Waals surface area contributed by atoms with Gasteiger partial charge in [-0.2, -0.15) is 0 Å². The first-order valence-corrected chi connectivity index (χ1v) is 6.76. The lowest BCUT2D eigenvalue weighted by molar-refractivity contribution is 0.221. The Kier molecular flexibility index (Phi) is 6.61. The zero-order chi connectivity index (χ0) is 11.2. The van der Waals surface area contributed by atoms with Gasteiger partial charge in [-0.25, -0.2) is 0 Å². The van der Waals surface area contributed by atoms with Gasteiger partial charge in [0.1, 0.15) is 0 Å². The molecule has 1 unspecified atom stereocenters. The van der Waals surface area contributed by atoms with E-state index in [1.165, 1.54) is 6.92 Å². The van der Waals surface area contributed by atoms with Crippen LogP contribution in [0.3, 0.4) is 0 Å². The molecule has 84 valence electrons. The molecule has 0 rings (SSSR count). The summed E-state index contributed by atoms with van der Waals surface area (Å²) >= 11 is 3.12. The SMILES string of the molecule is CCOP(=O)(OCC)C(Br)/C(C)=N\O. The minimum atomic E-state index is -3.26. The highest BCUT2D eigenvalue weighted by molar-refractivity contribution is 9.11. The Morgan fingerprint density at radius 1 is 1.50 bits per heavy atom. The Labute approximate surface area is 92.1 Å². The molecule has 7 heteroatoms. The summed E-state index contributed by atoms with van der Waals surface area (Å²) in [4.78, 5) is 0. The van der Waals surface area contributed by atoms with Crippen molar-refractivity contribution >= 4 is 29.2 Å². The van der Waals surface area contributed by atoms with Crippen molar-refractivity contribution in [3.05, 3.63) is 0 Å². The highest BCUT2D eigenvalue weighted by Crippen LogP contribution is 2.55. The Morgan fingerprint density at radius 2 is 1.93 bits per heavy atom. The summed E-state index contributed by atoms with van der Waals surface area (Å²) in [5.74, 6) is 0. The molecule has 0 spiro atoms. The van der Waals surface area contributed by atoms with Crippen LogP contribution in [0.2, 0.25) is 0 Å². The molecule has 0 aliphatic rings. The van der Waals surface area contributed by atoms with Crippen LogP contribution in [0, 0.1) is 0 Å². The summed E-state index contributed by atoms with van der Waals surface area (Å²) in [5, 5.41) is 11.5. The van der Waals surface area contributed by atoms with Crippen molar-refractivity contribution in [1.82, 2.24) is 0 Å². The second-order valence-electron chi connectivity index (χ2n) is 2.45. The summed E-state index contributed by atoms with van der Waals surface area (Å²) in [6.07, 6.45) is 0. The molecule has 0 aliphatic heterocycles. The maximum Gasteiger partial charge on any atom is 0.349 e. The molecular formula is C7H15BrNO4P. The van der Waals surface area contributed by atoms with Crippen LogP contribution in [-0.2, 0) is 13.6 Å². The fourth-order valence-corrected chi connectivity index (χ4v) is 3.17. The van der Waals surface area contributed by atoms with Gasteiger partial charge in [-0.05, 0) is 20.8 Å². The predicted molar refractivity (Wildman–Crippen MR) is 58.5 cm³/mol. The summed E-state index contributed by atoms with van der Waals surface area (Å²) in [5.41, 5.74) is 0.259. The van der Waals surface area contributed by atoms with E-state index in [9.17, 15) is 4.57 Å². The Morgan fingerprint density at radius 3 is 2.21 bits per heavy atom. The number of hydrogen-bond acceptors (Lipinski definition) is 5. The van der Waals surface area contributed by atoms with Gasteiger partial charge in [0.05, 0.1) is 18.9 Å². The number of alkyl halides is 1. The molecule has 0 aromatic rings. The number of nitrogens with zero attached hydrogens (tertiary/aromatic N) is 1. The summed E-state index contributed by atoms with van der Waals surface area (Å²) in [6, 6.07) is 0. The molecule has 0 fully saturated rings. The van der Waals surface area contributed by atoms with Crippen LogP contribution in [-0.4, -0.2) is 28.7 Å². The molecule has 0 heterocycles. The predicted octanol–water partition coefficient (Wildman–Crippen LogP) is 2.82. The average Bonchev–Trinajstić information content (AvgIpc) is 2.16. The van der Waals surface area contributed by atoms with Gasteiger partial charge in [0.15, 0.2) is 4.57 Å². The number of oxime groups is 1. The Hall–Kier alpha value is 0.100. The highest BCUT2D eigenvalue weighted by Gasteiger charge is 2.35. The summed E-state index contributed by atoms with van der Waals surface area (Å²) in [6.45, 7) is 5.52. The van der Waals surface area contributed by atoms with E-state index in [-0.39, 0.29) is 18.9 Å². The average molecular weight is 288 g/mol. The van der Waals surface area contributed by atoms with Crippen LogP contribution in [0.5, 0.6) is 0 Å². The van der Waals surface area contributed by atoms with Crippen LogP contribution in [0.1, 0.15) is 20.8 Å². The lowest BCUT2D eigenvalue weighted by Crippen LogP contribution is -2.15. The Balaban J connectivity index is 4.72. The molecular weight excluding hydrogens is 273 g/mol. The quantitative estimate of drug-likeness (QED) is 0.268. The molecule has 0 saturated heterocycles. The van der Waals surface area contributed by atoms with E-state index < -0.39 is 12.2 Å². The molecule has 14 heavy (non-hydrogen) atoms. The minimum Gasteiger partial charge on any atom is -0.411 e. The second-order valence-corrected chi connectivity index (χ2v) is 6.19. The molecule has 1 atom stereocenters. The van der Waals surface area contributed by atoms with Crippen molar-refractivity contribution in [2.24, 2.45) is 5.16 Å². The third kappa shape index (κ3) is 3.69. The van der Waals surface area contributed by atoms with Crippen molar-refractivity contribution in [3.63, 3.8) is 0 Å². The third-order valence-corrected chi connectivity index (χ3v) is 5.73. The highest BCUT2D eigenvalue weighted by atomic mass is 79.9. The number of halogens is 1. The van der Waals surface area contributed by atoms with Crippen LogP contribution in [0.15, 0.2) is 5.16 Å². The maximum absolute atomic E-state index is 12.0. The van der Waals surface area contributed by atoms with Crippen LogP contribution in [0.25, 0.3) is 0 Å². The molecule has 0 amide bonds. The van der Waals surface area contributed by atoms with Gasteiger partial charge in [-0.15, -0.1) is 0 Å². The lowest BCUT2D eigenvalue weighted by Gasteiger charge is -2.21. The van der Waals surface area contributed by atoms with Gasteiger partial charge in [0.2, 0.25) is 0 Å². The lowest BCUT2D eigenvalue weighted by atomic mass is 10.5. The molecule has 0 aromatic heterocycles. The van der Waals surface area contributed by atoms with Gasteiger partial charge < -0.3 is 14.3 Å². The van der Waals surface area contributed by atoms with Gasteiger partial charge in [-0.1, -0.05) is 21.1 Å². The first-order valence-electron chi connectivity index (χ1n) is 4.23. The fraction of sp³-hybridized carbons (Fsp3) is 0.857. The molecule has 1 N–H and O–H groups in total. The first kappa shape index (κ1) is 14.1. The van der Waals surface area contributed by atoms with E-state index in [0.29, 0.717) is 0 Å². The van der Waals surface area contributed by atoms with Crippen molar-refractivity contribution in [2.45, 2.75) is 25.3 Å². The Bertz CT molecular complexity index is 236. The van der Waals surface area contributed by atoms with E-state index in [4.69, 9.17) is 14.3 Å². The standard InChI is InChI=1S/C7H15BrNO4P/c1-4-12-14(11,13-5-2)7(8)6(3)9-10/h7,10H,4-5H2,1-3H3/b9-6-. The van der Waals surface area contributed by atoms with Crippen molar-refractivity contribution < 1.29 is 18.8 Å². The van der Waals surface area contributed by atoms with Crippen molar-refractivity contribution in [1.29, 1.82) is 0 Å².